The van der Waals surface area contributed by atoms with Gasteiger partial charge in [0.25, 0.3) is 0 Å². The molecule has 232 valence electrons. The summed E-state index contributed by atoms with van der Waals surface area (Å²) in [4.78, 5) is 21.1. The van der Waals surface area contributed by atoms with Gasteiger partial charge in [0.05, 0.1) is 5.56 Å². The number of halogens is 3. The van der Waals surface area contributed by atoms with Crippen molar-refractivity contribution >= 4 is 22.5 Å². The molecule has 6 rings (SSSR count). The van der Waals surface area contributed by atoms with Crippen LogP contribution in [0.5, 0.6) is 5.75 Å². The molecule has 4 aromatic carbocycles. The van der Waals surface area contributed by atoms with Gasteiger partial charge in [0.15, 0.2) is 0 Å². The van der Waals surface area contributed by atoms with Gasteiger partial charge in [-0.3, -0.25) is 4.79 Å². The van der Waals surface area contributed by atoms with Crippen LogP contribution in [0.15, 0.2) is 103 Å². The van der Waals surface area contributed by atoms with Crippen LogP contribution in [0.2, 0.25) is 0 Å². The lowest BCUT2D eigenvalue weighted by Gasteiger charge is -2.37. The molecule has 5 nitrogen and oxygen atoms in total. The van der Waals surface area contributed by atoms with Gasteiger partial charge in [-0.1, -0.05) is 73.7 Å². The number of piperazine rings is 1. The monoisotopic (exact) mass is 611 g/mol. The molecule has 5 aromatic rings. The number of para-hydroxylation sites is 1. The van der Waals surface area contributed by atoms with Crippen LogP contribution in [-0.2, 0) is 24.0 Å². The van der Waals surface area contributed by atoms with Gasteiger partial charge in [0.1, 0.15) is 12.4 Å². The molecule has 1 aliphatic heterocycles. The number of benzene rings is 4. The molecule has 1 saturated heterocycles. The zero-order valence-electron chi connectivity index (χ0n) is 25.2. The highest BCUT2D eigenvalue weighted by molar-refractivity contribution is 5.88. The summed E-state index contributed by atoms with van der Waals surface area (Å²) < 4.78 is 46.0. The lowest BCUT2D eigenvalue weighted by Crippen LogP contribution is -2.49. The van der Waals surface area contributed by atoms with E-state index in [9.17, 15) is 18.0 Å². The Hall–Kier alpha value is -4.72. The third-order valence-electron chi connectivity index (χ3n) is 8.65. The molecule has 1 amide bonds. The molecular formula is C37H36F3N3O2. The van der Waals surface area contributed by atoms with E-state index in [0.29, 0.717) is 38.5 Å². The van der Waals surface area contributed by atoms with Crippen LogP contribution in [0, 0.1) is 0 Å². The number of aromatic amines is 1. The van der Waals surface area contributed by atoms with Crippen LogP contribution < -0.4 is 9.64 Å². The van der Waals surface area contributed by atoms with Gasteiger partial charge in [-0.25, -0.2) is 0 Å². The number of aromatic nitrogens is 1. The van der Waals surface area contributed by atoms with Gasteiger partial charge in [-0.15, -0.1) is 0 Å². The first-order valence-corrected chi connectivity index (χ1v) is 15.4. The number of nitrogens with one attached hydrogen (secondary N) is 1. The van der Waals surface area contributed by atoms with Crippen LogP contribution in [0.3, 0.4) is 0 Å². The van der Waals surface area contributed by atoms with Gasteiger partial charge in [0.2, 0.25) is 5.91 Å². The molecule has 8 heteroatoms. The molecular weight excluding hydrogens is 575 g/mol. The fourth-order valence-corrected chi connectivity index (χ4v) is 6.19. The van der Waals surface area contributed by atoms with Crippen LogP contribution in [0.25, 0.3) is 10.9 Å². The normalized spacial score (nSPS) is 14.5. The first-order valence-electron chi connectivity index (χ1n) is 15.4. The average Bonchev–Trinajstić information content (AvgIpc) is 3.51. The second-order valence-electron chi connectivity index (χ2n) is 11.5. The molecule has 45 heavy (non-hydrogen) atoms. The van der Waals surface area contributed by atoms with Gasteiger partial charge in [0, 0.05) is 61.3 Å². The van der Waals surface area contributed by atoms with Crippen molar-refractivity contribution in [3.8, 4) is 5.75 Å². The van der Waals surface area contributed by atoms with Gasteiger partial charge in [-0.05, 0) is 59.0 Å². The zero-order chi connectivity index (χ0) is 31.4. The Morgan fingerprint density at radius 2 is 1.64 bits per heavy atom. The van der Waals surface area contributed by atoms with Crippen molar-refractivity contribution in [3.63, 3.8) is 0 Å². The van der Waals surface area contributed by atoms with E-state index in [1.165, 1.54) is 17.7 Å². The molecule has 1 fully saturated rings. The van der Waals surface area contributed by atoms with Gasteiger partial charge < -0.3 is 19.5 Å². The number of anilines is 1. The van der Waals surface area contributed by atoms with Gasteiger partial charge >= 0.3 is 6.18 Å². The number of rotatable bonds is 9. The number of ether oxygens (including phenoxy) is 1. The number of nitrogens with zero attached hydrogens (tertiary/aromatic N) is 2. The molecule has 0 aliphatic carbocycles. The highest BCUT2D eigenvalue weighted by Crippen LogP contribution is 2.37. The van der Waals surface area contributed by atoms with Crippen molar-refractivity contribution in [3.05, 3.63) is 131 Å². The Morgan fingerprint density at radius 3 is 2.40 bits per heavy atom. The van der Waals surface area contributed by atoms with E-state index >= 15 is 0 Å². The number of H-pyrrole nitrogens is 1. The Labute approximate surface area is 261 Å². The van der Waals surface area contributed by atoms with Crippen molar-refractivity contribution in [1.82, 2.24) is 9.88 Å². The topological polar surface area (TPSA) is 48.6 Å². The molecule has 0 spiro atoms. The molecule has 2 heterocycles. The summed E-state index contributed by atoms with van der Waals surface area (Å²) in [7, 11) is 0. The van der Waals surface area contributed by atoms with Crippen molar-refractivity contribution < 1.29 is 22.7 Å². The summed E-state index contributed by atoms with van der Waals surface area (Å²) in [5.74, 6) is 0.526. The maximum absolute atomic E-state index is 13.9. The Morgan fingerprint density at radius 1 is 0.889 bits per heavy atom. The first-order chi connectivity index (χ1) is 21.8. The van der Waals surface area contributed by atoms with Crippen LogP contribution >= 0.6 is 0 Å². The van der Waals surface area contributed by atoms with E-state index in [1.54, 1.807) is 6.07 Å². The minimum atomic E-state index is -4.40. The molecule has 0 unspecified atom stereocenters. The zero-order valence-corrected chi connectivity index (χ0v) is 25.2. The summed E-state index contributed by atoms with van der Waals surface area (Å²) in [6.45, 7) is 4.38. The standard InChI is InChI=1S/C37H36F3N3O2/c1-2-27-11-7-16-32-34(24-41-36(27)32)33(28-12-6-15-31(21-28)45-25-26-9-4-3-5-10-26)23-35(44)43-19-17-42(18-20-43)30-14-8-13-29(22-30)37(38,39)40/h3-16,21-22,24,33,41H,2,17-20,23,25H2,1H3/t33-/m1/s1. The maximum Gasteiger partial charge on any atom is 0.416 e. The number of alkyl halides is 3. The third-order valence-corrected chi connectivity index (χ3v) is 8.65. The number of hydrogen-bond donors (Lipinski definition) is 1. The largest absolute Gasteiger partial charge is 0.489 e. The summed E-state index contributed by atoms with van der Waals surface area (Å²) >= 11 is 0. The second kappa shape index (κ2) is 13.1. The van der Waals surface area contributed by atoms with Crippen molar-refractivity contribution in [2.75, 3.05) is 31.1 Å². The van der Waals surface area contributed by atoms with E-state index in [-0.39, 0.29) is 18.2 Å². The molecule has 1 N–H and O–H groups in total. The molecule has 0 radical (unpaired) electrons. The smallest absolute Gasteiger partial charge is 0.416 e. The summed E-state index contributed by atoms with van der Waals surface area (Å²) in [6, 6.07) is 29.6. The molecule has 1 aliphatic rings. The predicted octanol–water partition coefficient (Wildman–Crippen LogP) is 8.20. The molecule has 1 atom stereocenters. The van der Waals surface area contributed by atoms with Crippen molar-refractivity contribution in [2.24, 2.45) is 0 Å². The lowest BCUT2D eigenvalue weighted by molar-refractivity contribution is -0.137. The van der Waals surface area contributed by atoms with E-state index in [0.717, 1.165) is 45.8 Å². The average molecular weight is 612 g/mol. The number of aryl methyl sites for hydroxylation is 1. The van der Waals surface area contributed by atoms with E-state index < -0.39 is 11.7 Å². The lowest BCUT2D eigenvalue weighted by atomic mass is 9.87. The summed E-state index contributed by atoms with van der Waals surface area (Å²) in [6.07, 6.45) is -1.23. The third kappa shape index (κ3) is 6.85. The quantitative estimate of drug-likeness (QED) is 0.183. The Kier molecular flexibility index (Phi) is 8.83. The van der Waals surface area contributed by atoms with Gasteiger partial charge in [-0.2, -0.15) is 13.2 Å². The van der Waals surface area contributed by atoms with E-state index in [2.05, 4.69) is 30.1 Å². The minimum absolute atomic E-state index is 0.0142. The highest BCUT2D eigenvalue weighted by Gasteiger charge is 2.32. The number of carbonyl (C=O) groups is 1. The summed E-state index contributed by atoms with van der Waals surface area (Å²) in [5.41, 5.74) is 5.26. The van der Waals surface area contributed by atoms with Crippen LogP contribution in [-0.4, -0.2) is 42.0 Å². The van der Waals surface area contributed by atoms with E-state index in [1.807, 2.05) is 70.6 Å². The minimum Gasteiger partial charge on any atom is -0.489 e. The number of fused-ring (bicyclic) bond motifs is 1. The molecule has 0 bridgehead atoms. The SMILES string of the molecule is CCc1cccc2c([C@H](CC(=O)N3CCN(c4cccc(C(F)(F)F)c4)CC3)c3cccc(OCc4ccccc4)c3)c[nH]c12. The van der Waals surface area contributed by atoms with Crippen molar-refractivity contribution in [1.29, 1.82) is 0 Å². The summed E-state index contributed by atoms with van der Waals surface area (Å²) in [5, 5.41) is 1.09. The first kappa shape index (κ1) is 30.3. The Bertz CT molecular complexity index is 1760. The number of carbonyl (C=O) groups excluding carboxylic acids is 1. The molecule has 0 saturated carbocycles. The van der Waals surface area contributed by atoms with E-state index in [4.69, 9.17) is 4.74 Å². The van der Waals surface area contributed by atoms with Crippen molar-refractivity contribution in [2.45, 2.75) is 38.5 Å². The Balaban J connectivity index is 1.23. The predicted molar refractivity (Wildman–Crippen MR) is 172 cm³/mol. The second-order valence-corrected chi connectivity index (χ2v) is 11.5. The van der Waals surface area contributed by atoms with Crippen LogP contribution in [0.1, 0.15) is 47.1 Å². The van der Waals surface area contributed by atoms with Crippen LogP contribution in [0.4, 0.5) is 18.9 Å². The molecule has 1 aromatic heterocycles. The number of hydrogen-bond acceptors (Lipinski definition) is 3. The fraction of sp³-hybridized carbons (Fsp3) is 0.270. The fourth-order valence-electron chi connectivity index (χ4n) is 6.19. The number of amides is 1. The highest BCUT2D eigenvalue weighted by atomic mass is 19.4. The maximum atomic E-state index is 13.9.